The van der Waals surface area contributed by atoms with E-state index in [0.717, 1.165) is 10.9 Å². The number of hydrogen-bond donors (Lipinski definition) is 0. The molecule has 0 spiro atoms. The Hall–Kier alpha value is -1.95. The third kappa shape index (κ3) is 4.31. The van der Waals surface area contributed by atoms with Crippen molar-refractivity contribution in [2.45, 2.75) is 12.6 Å². The first kappa shape index (κ1) is 14.5. The molecule has 0 saturated heterocycles. The zero-order chi connectivity index (χ0) is 14.6. The number of nitrogens with zero attached hydrogens (tertiary/aromatic N) is 1. The van der Waals surface area contributed by atoms with E-state index in [9.17, 15) is 18.0 Å². The van der Waals surface area contributed by atoms with Crippen LogP contribution in [0.5, 0.6) is 0 Å². The van der Waals surface area contributed by atoms with Gasteiger partial charge < -0.3 is 4.74 Å². The number of para-hydroxylation sites is 1. The molecule has 3 nitrogen and oxygen atoms in total. The Kier molecular flexibility index (Phi) is 4.34. The molecule has 0 saturated carbocycles. The molecule has 0 atom stereocenters. The van der Waals surface area contributed by atoms with Crippen molar-refractivity contribution in [2.75, 3.05) is 13.2 Å². The molecule has 6 heteroatoms. The molecule has 0 aliphatic rings. The first-order valence-corrected chi connectivity index (χ1v) is 5.95. The van der Waals surface area contributed by atoms with Crippen LogP contribution in [0.15, 0.2) is 36.4 Å². The minimum Gasteiger partial charge on any atom is -0.364 e. The smallest absolute Gasteiger partial charge is 0.364 e. The number of carbonyl (C=O) groups is 1. The van der Waals surface area contributed by atoms with Crippen LogP contribution in [0, 0.1) is 0 Å². The van der Waals surface area contributed by atoms with Crippen LogP contribution in [-0.4, -0.2) is 30.2 Å². The summed E-state index contributed by atoms with van der Waals surface area (Å²) in [5, 5.41) is 0.942. The van der Waals surface area contributed by atoms with Crippen LogP contribution < -0.4 is 0 Å². The molecule has 2 rings (SSSR count). The van der Waals surface area contributed by atoms with Crippen LogP contribution in [-0.2, 0) is 16.0 Å². The summed E-state index contributed by atoms with van der Waals surface area (Å²) in [5.41, 5.74) is 1.26. The van der Waals surface area contributed by atoms with Crippen LogP contribution in [0.25, 0.3) is 10.9 Å². The normalized spacial score (nSPS) is 11.8. The van der Waals surface area contributed by atoms with Gasteiger partial charge in [0, 0.05) is 11.1 Å². The molecule has 0 radical (unpaired) electrons. The molecule has 0 N–H and O–H groups in total. The standard InChI is InChI=1S/C14H12F3NO2/c15-14(16,17)9-20-8-12(19)7-11-6-5-10-3-1-2-4-13(10)18-11/h1-6H,7-9H2. The quantitative estimate of drug-likeness (QED) is 0.847. The minimum absolute atomic E-state index is 0.0390. The maximum atomic E-state index is 11.9. The van der Waals surface area contributed by atoms with E-state index in [2.05, 4.69) is 9.72 Å². The second-order valence-electron chi connectivity index (χ2n) is 4.32. The minimum atomic E-state index is -4.42. The van der Waals surface area contributed by atoms with Gasteiger partial charge in [0.25, 0.3) is 0 Å². The zero-order valence-electron chi connectivity index (χ0n) is 10.5. The number of ketones is 1. The number of rotatable bonds is 5. The Labute approximate surface area is 113 Å². The largest absolute Gasteiger partial charge is 0.411 e. The predicted octanol–water partition coefficient (Wildman–Crippen LogP) is 2.93. The number of alkyl halides is 3. The molecule has 20 heavy (non-hydrogen) atoms. The molecule has 1 aromatic carbocycles. The van der Waals surface area contributed by atoms with Crippen molar-refractivity contribution in [1.29, 1.82) is 0 Å². The number of ether oxygens (including phenoxy) is 1. The van der Waals surface area contributed by atoms with Crippen LogP contribution in [0.2, 0.25) is 0 Å². The van der Waals surface area contributed by atoms with E-state index in [0.29, 0.717) is 5.69 Å². The van der Waals surface area contributed by atoms with Gasteiger partial charge in [-0.05, 0) is 12.1 Å². The lowest BCUT2D eigenvalue weighted by molar-refractivity contribution is -0.175. The molecule has 1 aromatic heterocycles. The summed E-state index contributed by atoms with van der Waals surface area (Å²) in [5.74, 6) is -0.433. The van der Waals surface area contributed by atoms with Crippen molar-refractivity contribution in [3.63, 3.8) is 0 Å². The number of aromatic nitrogens is 1. The fourth-order valence-corrected chi connectivity index (χ4v) is 1.74. The molecule has 0 bridgehead atoms. The van der Waals surface area contributed by atoms with Crippen molar-refractivity contribution < 1.29 is 22.7 Å². The van der Waals surface area contributed by atoms with E-state index in [1.165, 1.54) is 0 Å². The summed E-state index contributed by atoms with van der Waals surface area (Å²) < 4.78 is 39.9. The zero-order valence-corrected chi connectivity index (χ0v) is 10.5. The van der Waals surface area contributed by atoms with Crippen molar-refractivity contribution in [3.8, 4) is 0 Å². The van der Waals surface area contributed by atoms with Gasteiger partial charge >= 0.3 is 6.18 Å². The summed E-state index contributed by atoms with van der Waals surface area (Å²) >= 11 is 0. The average molecular weight is 283 g/mol. The van der Waals surface area contributed by atoms with E-state index in [1.807, 2.05) is 30.3 Å². The number of Topliss-reactive ketones (excluding diaryl/α,β-unsaturated/α-hetero) is 1. The lowest BCUT2D eigenvalue weighted by Gasteiger charge is -2.07. The van der Waals surface area contributed by atoms with Crippen LogP contribution in [0.1, 0.15) is 5.69 Å². The number of carbonyl (C=O) groups excluding carboxylic acids is 1. The van der Waals surface area contributed by atoms with Crippen molar-refractivity contribution in [1.82, 2.24) is 4.98 Å². The maximum Gasteiger partial charge on any atom is 0.411 e. The molecule has 106 valence electrons. The molecule has 0 unspecified atom stereocenters. The third-order valence-corrected chi connectivity index (χ3v) is 2.56. The van der Waals surface area contributed by atoms with Crippen LogP contribution >= 0.6 is 0 Å². The van der Waals surface area contributed by atoms with Gasteiger partial charge in [-0.1, -0.05) is 24.3 Å². The Bertz CT molecular complexity index is 611. The van der Waals surface area contributed by atoms with E-state index < -0.39 is 25.2 Å². The highest BCUT2D eigenvalue weighted by molar-refractivity contribution is 5.83. The SMILES string of the molecule is O=C(COCC(F)(F)F)Cc1ccc2ccccc2n1. The van der Waals surface area contributed by atoms with Gasteiger partial charge in [0.2, 0.25) is 0 Å². The monoisotopic (exact) mass is 283 g/mol. The summed E-state index contributed by atoms with van der Waals surface area (Å²) in [6.45, 7) is -1.97. The van der Waals surface area contributed by atoms with Crippen molar-refractivity contribution >= 4 is 16.7 Å². The molecule has 2 aromatic rings. The second kappa shape index (κ2) is 6.00. The highest BCUT2D eigenvalue weighted by Gasteiger charge is 2.27. The van der Waals surface area contributed by atoms with Gasteiger partial charge in [-0.15, -0.1) is 0 Å². The Balaban J connectivity index is 1.92. The van der Waals surface area contributed by atoms with E-state index in [1.54, 1.807) is 6.07 Å². The number of pyridine rings is 1. The Morgan fingerprint density at radius 3 is 2.65 bits per heavy atom. The summed E-state index contributed by atoms with van der Waals surface area (Å²) in [6, 6.07) is 10.9. The number of fused-ring (bicyclic) bond motifs is 1. The fraction of sp³-hybridized carbons (Fsp3) is 0.286. The lowest BCUT2D eigenvalue weighted by atomic mass is 10.1. The summed E-state index contributed by atoms with van der Waals surface area (Å²) in [4.78, 5) is 15.8. The molecular weight excluding hydrogens is 271 g/mol. The maximum absolute atomic E-state index is 11.9. The molecule has 1 heterocycles. The van der Waals surface area contributed by atoms with Gasteiger partial charge in [0.05, 0.1) is 11.9 Å². The van der Waals surface area contributed by atoms with Gasteiger partial charge in [0.1, 0.15) is 13.2 Å². The first-order valence-electron chi connectivity index (χ1n) is 5.95. The molecule has 0 amide bonds. The van der Waals surface area contributed by atoms with Gasteiger partial charge in [-0.25, -0.2) is 0 Å². The molecule has 0 aliphatic carbocycles. The number of hydrogen-bond acceptors (Lipinski definition) is 3. The molecular formula is C14H12F3NO2. The average Bonchev–Trinajstić information content (AvgIpc) is 2.37. The Morgan fingerprint density at radius 2 is 1.90 bits per heavy atom. The fourth-order valence-electron chi connectivity index (χ4n) is 1.74. The lowest BCUT2D eigenvalue weighted by Crippen LogP contribution is -2.21. The van der Waals surface area contributed by atoms with Gasteiger partial charge in [-0.2, -0.15) is 13.2 Å². The molecule has 0 aliphatic heterocycles. The van der Waals surface area contributed by atoms with Crippen LogP contribution in [0.4, 0.5) is 13.2 Å². The number of benzene rings is 1. The first-order chi connectivity index (χ1) is 9.44. The van der Waals surface area contributed by atoms with Gasteiger partial charge in [-0.3, -0.25) is 9.78 Å². The predicted molar refractivity (Wildman–Crippen MR) is 67.3 cm³/mol. The highest BCUT2D eigenvalue weighted by atomic mass is 19.4. The highest BCUT2D eigenvalue weighted by Crippen LogP contribution is 2.15. The van der Waals surface area contributed by atoms with E-state index >= 15 is 0 Å². The second-order valence-corrected chi connectivity index (χ2v) is 4.32. The Morgan fingerprint density at radius 1 is 1.15 bits per heavy atom. The van der Waals surface area contributed by atoms with Crippen molar-refractivity contribution in [3.05, 3.63) is 42.1 Å². The van der Waals surface area contributed by atoms with Gasteiger partial charge in [0.15, 0.2) is 5.78 Å². The van der Waals surface area contributed by atoms with Crippen molar-refractivity contribution in [2.24, 2.45) is 0 Å². The van der Waals surface area contributed by atoms with Crippen LogP contribution in [0.3, 0.4) is 0 Å². The number of halogens is 3. The topological polar surface area (TPSA) is 39.2 Å². The summed E-state index contributed by atoms with van der Waals surface area (Å²) in [7, 11) is 0. The van der Waals surface area contributed by atoms with E-state index in [4.69, 9.17) is 0 Å². The van der Waals surface area contributed by atoms with E-state index in [-0.39, 0.29) is 6.42 Å². The molecule has 0 fully saturated rings. The third-order valence-electron chi connectivity index (χ3n) is 2.56. The summed E-state index contributed by atoms with van der Waals surface area (Å²) in [6.07, 6.45) is -4.45.